The van der Waals surface area contributed by atoms with E-state index in [-0.39, 0.29) is 18.4 Å². The molecule has 1 saturated heterocycles. The van der Waals surface area contributed by atoms with E-state index in [1.807, 2.05) is 38.2 Å². The van der Waals surface area contributed by atoms with Crippen molar-refractivity contribution < 1.29 is 4.79 Å². The van der Waals surface area contributed by atoms with Gasteiger partial charge in [-0.1, -0.05) is 15.9 Å². The van der Waals surface area contributed by atoms with Crippen molar-refractivity contribution >= 4 is 27.5 Å². The fourth-order valence-electron chi connectivity index (χ4n) is 2.49. The monoisotopic (exact) mass is 335 g/mol. The summed E-state index contributed by atoms with van der Waals surface area (Å²) in [5, 5.41) is 9.03. The Labute approximate surface area is 128 Å². The molecule has 5 heteroatoms. The van der Waals surface area contributed by atoms with Crippen LogP contribution in [0, 0.1) is 11.3 Å². The Bertz CT molecular complexity index is 523. The molecule has 2 atom stereocenters. The summed E-state index contributed by atoms with van der Waals surface area (Å²) >= 11 is 3.42. The van der Waals surface area contributed by atoms with Gasteiger partial charge in [0.25, 0.3) is 0 Å². The largest absolute Gasteiger partial charge is 0.359 e. The number of hydrogen-bond donors (Lipinski definition) is 0. The van der Waals surface area contributed by atoms with E-state index in [4.69, 9.17) is 5.26 Å². The molecule has 1 aromatic carbocycles. The average Bonchev–Trinajstić information content (AvgIpc) is 2.54. The summed E-state index contributed by atoms with van der Waals surface area (Å²) in [5.74, 6) is 0.0273. The predicted octanol–water partition coefficient (Wildman–Crippen LogP) is 2.79. The number of anilines is 1. The Morgan fingerprint density at radius 3 is 2.65 bits per heavy atom. The minimum Gasteiger partial charge on any atom is -0.359 e. The summed E-state index contributed by atoms with van der Waals surface area (Å²) in [6, 6.07) is 9.84. The maximum absolute atomic E-state index is 12.5. The van der Waals surface area contributed by atoms with Crippen LogP contribution in [-0.2, 0) is 4.79 Å². The van der Waals surface area contributed by atoms with Gasteiger partial charge in [0.15, 0.2) is 0 Å². The maximum atomic E-state index is 12.5. The van der Waals surface area contributed by atoms with Gasteiger partial charge in [-0.05, 0) is 37.6 Å². The van der Waals surface area contributed by atoms with Crippen LogP contribution in [0.3, 0.4) is 0 Å². The van der Waals surface area contributed by atoms with Gasteiger partial charge < -0.3 is 9.80 Å². The van der Waals surface area contributed by atoms with E-state index in [0.29, 0.717) is 0 Å². The van der Waals surface area contributed by atoms with E-state index in [1.165, 1.54) is 0 Å². The predicted molar refractivity (Wildman–Crippen MR) is 82.4 cm³/mol. The number of nitriles is 1. The molecule has 1 aliphatic rings. The van der Waals surface area contributed by atoms with Gasteiger partial charge in [-0.15, -0.1) is 0 Å². The highest BCUT2D eigenvalue weighted by molar-refractivity contribution is 9.10. The topological polar surface area (TPSA) is 47.3 Å². The molecule has 2 unspecified atom stereocenters. The van der Waals surface area contributed by atoms with E-state index < -0.39 is 6.04 Å². The SMILES string of the molecule is CC1CCN(c2ccc(Br)cc2)C(CC#N)C(=O)N1C. The van der Waals surface area contributed by atoms with Crippen LogP contribution in [0.25, 0.3) is 0 Å². The zero-order chi connectivity index (χ0) is 14.7. The fraction of sp³-hybridized carbons (Fsp3) is 0.467. The van der Waals surface area contributed by atoms with Crippen molar-refractivity contribution in [3.63, 3.8) is 0 Å². The first-order valence-electron chi connectivity index (χ1n) is 6.70. The van der Waals surface area contributed by atoms with Gasteiger partial charge in [0, 0.05) is 29.8 Å². The number of nitrogens with zero attached hydrogens (tertiary/aromatic N) is 3. The summed E-state index contributed by atoms with van der Waals surface area (Å²) in [7, 11) is 1.82. The lowest BCUT2D eigenvalue weighted by molar-refractivity contribution is -0.132. The Kier molecular flexibility index (Phi) is 4.66. The van der Waals surface area contributed by atoms with Crippen molar-refractivity contribution in [1.82, 2.24) is 4.90 Å². The molecule has 20 heavy (non-hydrogen) atoms. The summed E-state index contributed by atoms with van der Waals surface area (Å²) in [5.41, 5.74) is 0.990. The Morgan fingerprint density at radius 2 is 2.05 bits per heavy atom. The number of carbonyl (C=O) groups excluding carboxylic acids is 1. The number of amides is 1. The van der Waals surface area contributed by atoms with Crippen molar-refractivity contribution in [2.45, 2.75) is 31.8 Å². The minimum atomic E-state index is -0.392. The molecule has 0 radical (unpaired) electrons. The zero-order valence-corrected chi connectivity index (χ0v) is 13.3. The summed E-state index contributed by atoms with van der Waals surface area (Å²) in [6.07, 6.45) is 1.12. The molecule has 1 amide bonds. The minimum absolute atomic E-state index is 0.0273. The molecule has 0 saturated carbocycles. The van der Waals surface area contributed by atoms with Gasteiger partial charge in [0.1, 0.15) is 6.04 Å². The lowest BCUT2D eigenvalue weighted by Crippen LogP contribution is -2.46. The summed E-state index contributed by atoms with van der Waals surface area (Å²) in [6.45, 7) is 2.83. The molecule has 0 bridgehead atoms. The third-order valence-corrected chi connectivity index (χ3v) is 4.43. The summed E-state index contributed by atoms with van der Waals surface area (Å²) in [4.78, 5) is 16.3. The molecule has 0 aliphatic carbocycles. The van der Waals surface area contributed by atoms with Crippen LogP contribution >= 0.6 is 15.9 Å². The van der Waals surface area contributed by atoms with Gasteiger partial charge in [0.05, 0.1) is 12.5 Å². The number of benzene rings is 1. The second-order valence-corrected chi connectivity index (χ2v) is 6.05. The van der Waals surface area contributed by atoms with Crippen molar-refractivity contribution in [2.75, 3.05) is 18.5 Å². The highest BCUT2D eigenvalue weighted by atomic mass is 79.9. The van der Waals surface area contributed by atoms with Crippen LogP contribution < -0.4 is 4.90 Å². The number of hydrogen-bond acceptors (Lipinski definition) is 3. The fourth-order valence-corrected chi connectivity index (χ4v) is 2.75. The quantitative estimate of drug-likeness (QED) is 0.834. The van der Waals surface area contributed by atoms with E-state index in [1.54, 1.807) is 4.90 Å². The van der Waals surface area contributed by atoms with Gasteiger partial charge in [0.2, 0.25) is 5.91 Å². The molecule has 4 nitrogen and oxygen atoms in total. The molecule has 0 aromatic heterocycles. The molecule has 2 rings (SSSR count). The highest BCUT2D eigenvalue weighted by Gasteiger charge is 2.33. The van der Waals surface area contributed by atoms with Gasteiger partial charge in [-0.3, -0.25) is 4.79 Å². The molecular formula is C15H18BrN3O. The summed E-state index contributed by atoms with van der Waals surface area (Å²) < 4.78 is 1.00. The molecule has 1 aromatic rings. The number of likely N-dealkylation sites (N-methyl/N-ethyl adjacent to an activating group) is 1. The highest BCUT2D eigenvalue weighted by Crippen LogP contribution is 2.26. The van der Waals surface area contributed by atoms with Crippen LogP contribution in [0.4, 0.5) is 5.69 Å². The Hall–Kier alpha value is -1.54. The van der Waals surface area contributed by atoms with Crippen molar-refractivity contribution in [3.8, 4) is 6.07 Å². The first-order valence-corrected chi connectivity index (χ1v) is 7.49. The third kappa shape index (κ3) is 2.96. The second kappa shape index (κ2) is 6.27. The van der Waals surface area contributed by atoms with Crippen LogP contribution in [0.15, 0.2) is 28.7 Å². The molecule has 0 N–H and O–H groups in total. The lowest BCUT2D eigenvalue weighted by Gasteiger charge is -2.30. The zero-order valence-electron chi connectivity index (χ0n) is 11.7. The molecular weight excluding hydrogens is 318 g/mol. The number of rotatable bonds is 2. The van der Waals surface area contributed by atoms with Crippen LogP contribution in [0.1, 0.15) is 19.8 Å². The van der Waals surface area contributed by atoms with Crippen molar-refractivity contribution in [3.05, 3.63) is 28.7 Å². The van der Waals surface area contributed by atoms with Gasteiger partial charge in [-0.25, -0.2) is 0 Å². The smallest absolute Gasteiger partial charge is 0.246 e. The van der Waals surface area contributed by atoms with Crippen LogP contribution in [-0.4, -0.2) is 36.5 Å². The van der Waals surface area contributed by atoms with E-state index in [2.05, 4.69) is 26.9 Å². The average molecular weight is 336 g/mol. The second-order valence-electron chi connectivity index (χ2n) is 5.13. The first kappa shape index (κ1) is 14.9. The molecule has 106 valence electrons. The van der Waals surface area contributed by atoms with E-state index in [0.717, 1.165) is 23.1 Å². The lowest BCUT2D eigenvalue weighted by atomic mass is 10.1. The Morgan fingerprint density at radius 1 is 1.40 bits per heavy atom. The number of carbonyl (C=O) groups is 1. The molecule has 0 spiro atoms. The van der Waals surface area contributed by atoms with Gasteiger partial charge in [-0.2, -0.15) is 5.26 Å². The molecule has 1 heterocycles. The first-order chi connectivity index (χ1) is 9.54. The van der Waals surface area contributed by atoms with Crippen LogP contribution in [0.2, 0.25) is 0 Å². The third-order valence-electron chi connectivity index (χ3n) is 3.90. The standard InChI is InChI=1S/C15H18BrN3O/c1-11-8-10-19(13-5-3-12(16)4-6-13)14(7-9-17)15(20)18(11)2/h3-6,11,14H,7-8,10H2,1-2H3. The van der Waals surface area contributed by atoms with Crippen molar-refractivity contribution in [2.24, 2.45) is 0 Å². The molecule has 1 aliphatic heterocycles. The normalized spacial score (nSPS) is 23.4. The number of halogens is 1. The Balaban J connectivity index is 2.35. The van der Waals surface area contributed by atoms with Crippen molar-refractivity contribution in [1.29, 1.82) is 5.26 Å². The van der Waals surface area contributed by atoms with E-state index in [9.17, 15) is 4.79 Å². The molecule has 1 fully saturated rings. The van der Waals surface area contributed by atoms with Crippen LogP contribution in [0.5, 0.6) is 0 Å². The maximum Gasteiger partial charge on any atom is 0.246 e. The van der Waals surface area contributed by atoms with Gasteiger partial charge >= 0.3 is 0 Å². The van der Waals surface area contributed by atoms with E-state index >= 15 is 0 Å².